The van der Waals surface area contributed by atoms with Gasteiger partial charge in [0.15, 0.2) is 12.4 Å². The van der Waals surface area contributed by atoms with Crippen LogP contribution in [0.15, 0.2) is 48.5 Å². The maximum absolute atomic E-state index is 14.4. The highest BCUT2D eigenvalue weighted by molar-refractivity contribution is 5.99. The molecule has 0 aromatic heterocycles. The monoisotopic (exact) mass is 397 g/mol. The van der Waals surface area contributed by atoms with E-state index in [4.69, 9.17) is 4.74 Å². The standard InChI is InChI=1S/C23H24FNO4/c1-2-21(27)25-17-11-9-16(10-12-17)20(26)15-29-22(28)23(13-5-6-14-23)18-7-3-4-8-19(18)24/h3-4,7-12H,2,5-6,13-15H2,1H3,(H,25,27). The number of halogens is 1. The zero-order valence-corrected chi connectivity index (χ0v) is 16.4. The second-order valence-electron chi connectivity index (χ2n) is 7.25. The van der Waals surface area contributed by atoms with Gasteiger partial charge in [0.1, 0.15) is 5.82 Å². The fourth-order valence-corrected chi connectivity index (χ4v) is 3.75. The molecule has 0 atom stereocenters. The Kier molecular flexibility index (Phi) is 6.42. The van der Waals surface area contributed by atoms with E-state index in [1.54, 1.807) is 49.4 Å². The molecular formula is C23H24FNO4. The number of esters is 1. The predicted molar refractivity (Wildman–Crippen MR) is 107 cm³/mol. The molecule has 1 amide bonds. The van der Waals surface area contributed by atoms with Crippen molar-refractivity contribution in [2.45, 2.75) is 44.4 Å². The second kappa shape index (κ2) is 8.99. The van der Waals surface area contributed by atoms with Gasteiger partial charge in [-0.1, -0.05) is 38.0 Å². The molecule has 3 rings (SSSR count). The highest BCUT2D eigenvalue weighted by atomic mass is 19.1. The van der Waals surface area contributed by atoms with Crippen LogP contribution >= 0.6 is 0 Å². The van der Waals surface area contributed by atoms with Gasteiger partial charge in [0.25, 0.3) is 0 Å². The Hall–Kier alpha value is -3.02. The Morgan fingerprint density at radius 3 is 2.31 bits per heavy atom. The molecule has 152 valence electrons. The Balaban J connectivity index is 1.67. The third-order valence-corrected chi connectivity index (χ3v) is 5.38. The van der Waals surface area contributed by atoms with Crippen molar-refractivity contribution in [2.24, 2.45) is 0 Å². The first-order valence-electron chi connectivity index (χ1n) is 9.81. The van der Waals surface area contributed by atoms with Crippen molar-refractivity contribution in [1.82, 2.24) is 0 Å². The number of anilines is 1. The zero-order chi connectivity index (χ0) is 20.9. The smallest absolute Gasteiger partial charge is 0.317 e. The number of Topliss-reactive ketones (excluding diaryl/α,β-unsaturated/α-hetero) is 1. The number of rotatable bonds is 7. The van der Waals surface area contributed by atoms with Gasteiger partial charge in [0, 0.05) is 23.2 Å². The van der Waals surface area contributed by atoms with Crippen molar-refractivity contribution in [2.75, 3.05) is 11.9 Å². The third kappa shape index (κ3) is 4.53. The van der Waals surface area contributed by atoms with E-state index in [9.17, 15) is 18.8 Å². The van der Waals surface area contributed by atoms with Crippen molar-refractivity contribution < 1.29 is 23.5 Å². The van der Waals surface area contributed by atoms with Gasteiger partial charge in [-0.3, -0.25) is 14.4 Å². The fraction of sp³-hybridized carbons (Fsp3) is 0.348. The van der Waals surface area contributed by atoms with Crippen LogP contribution in [0, 0.1) is 5.82 Å². The number of carbonyl (C=O) groups is 3. The van der Waals surface area contributed by atoms with Gasteiger partial charge >= 0.3 is 5.97 Å². The van der Waals surface area contributed by atoms with Gasteiger partial charge < -0.3 is 10.1 Å². The zero-order valence-electron chi connectivity index (χ0n) is 16.4. The van der Waals surface area contributed by atoms with E-state index in [2.05, 4.69) is 5.32 Å². The van der Waals surface area contributed by atoms with Crippen LogP contribution in [0.3, 0.4) is 0 Å². The molecule has 29 heavy (non-hydrogen) atoms. The summed E-state index contributed by atoms with van der Waals surface area (Å²) in [7, 11) is 0. The summed E-state index contributed by atoms with van der Waals surface area (Å²) >= 11 is 0. The average molecular weight is 397 g/mol. The number of nitrogens with one attached hydrogen (secondary N) is 1. The van der Waals surface area contributed by atoms with Gasteiger partial charge in [0.05, 0.1) is 5.41 Å². The molecule has 1 N–H and O–H groups in total. The van der Waals surface area contributed by atoms with E-state index in [0.717, 1.165) is 12.8 Å². The summed E-state index contributed by atoms with van der Waals surface area (Å²) in [5, 5.41) is 2.70. The van der Waals surface area contributed by atoms with E-state index < -0.39 is 23.8 Å². The van der Waals surface area contributed by atoms with Crippen LogP contribution in [-0.2, 0) is 19.7 Å². The maximum Gasteiger partial charge on any atom is 0.317 e. The Morgan fingerprint density at radius 2 is 1.69 bits per heavy atom. The van der Waals surface area contributed by atoms with Crippen LogP contribution in [0.2, 0.25) is 0 Å². The molecule has 5 nitrogen and oxygen atoms in total. The van der Waals surface area contributed by atoms with Crippen molar-refractivity contribution in [1.29, 1.82) is 0 Å². The van der Waals surface area contributed by atoms with Crippen LogP contribution in [0.5, 0.6) is 0 Å². The summed E-state index contributed by atoms with van der Waals surface area (Å²) in [4.78, 5) is 36.7. The van der Waals surface area contributed by atoms with Crippen molar-refractivity contribution in [3.8, 4) is 0 Å². The number of benzene rings is 2. The highest BCUT2D eigenvalue weighted by Crippen LogP contribution is 2.43. The lowest BCUT2D eigenvalue weighted by molar-refractivity contribution is -0.149. The highest BCUT2D eigenvalue weighted by Gasteiger charge is 2.45. The van der Waals surface area contributed by atoms with Gasteiger partial charge in [0.2, 0.25) is 5.91 Å². The summed E-state index contributed by atoms with van der Waals surface area (Å²) in [6.07, 6.45) is 2.99. The van der Waals surface area contributed by atoms with E-state index in [0.29, 0.717) is 36.1 Å². The molecule has 0 bridgehead atoms. The van der Waals surface area contributed by atoms with Gasteiger partial charge in [-0.25, -0.2) is 4.39 Å². The first-order chi connectivity index (χ1) is 14.0. The van der Waals surface area contributed by atoms with E-state index in [-0.39, 0.29) is 11.7 Å². The summed E-state index contributed by atoms with van der Waals surface area (Å²) in [6.45, 7) is 1.34. The molecule has 0 heterocycles. The fourth-order valence-electron chi connectivity index (χ4n) is 3.75. The topological polar surface area (TPSA) is 72.5 Å². The minimum absolute atomic E-state index is 0.118. The van der Waals surface area contributed by atoms with Gasteiger partial charge in [-0.15, -0.1) is 0 Å². The largest absolute Gasteiger partial charge is 0.457 e. The molecule has 2 aromatic carbocycles. The normalized spacial score (nSPS) is 15.0. The van der Waals surface area contributed by atoms with Gasteiger partial charge in [-0.2, -0.15) is 0 Å². The number of ether oxygens (including phenoxy) is 1. The lowest BCUT2D eigenvalue weighted by atomic mass is 9.78. The number of carbonyl (C=O) groups excluding carboxylic acids is 3. The molecule has 0 aliphatic heterocycles. The molecule has 0 spiro atoms. The lowest BCUT2D eigenvalue weighted by Gasteiger charge is -2.27. The molecule has 1 aliphatic rings. The first kappa shape index (κ1) is 20.7. The maximum atomic E-state index is 14.4. The summed E-state index contributed by atoms with van der Waals surface area (Å²) in [5.74, 6) is -1.45. The SMILES string of the molecule is CCC(=O)Nc1ccc(C(=O)COC(=O)C2(c3ccccc3F)CCCC2)cc1. The molecule has 0 radical (unpaired) electrons. The van der Waals surface area contributed by atoms with Crippen LogP contribution in [0.4, 0.5) is 10.1 Å². The minimum atomic E-state index is -1.03. The Labute approximate surface area is 169 Å². The number of hydrogen-bond donors (Lipinski definition) is 1. The molecular weight excluding hydrogens is 373 g/mol. The van der Waals surface area contributed by atoms with Crippen LogP contribution < -0.4 is 5.32 Å². The van der Waals surface area contributed by atoms with Crippen molar-refractivity contribution >= 4 is 23.3 Å². The quantitative estimate of drug-likeness (QED) is 0.555. The minimum Gasteiger partial charge on any atom is -0.457 e. The first-order valence-corrected chi connectivity index (χ1v) is 9.81. The number of amides is 1. The van der Waals surface area contributed by atoms with E-state index >= 15 is 0 Å². The molecule has 1 fully saturated rings. The number of hydrogen-bond acceptors (Lipinski definition) is 4. The second-order valence-corrected chi connectivity index (χ2v) is 7.25. The summed E-state index contributed by atoms with van der Waals surface area (Å²) in [5.41, 5.74) is 0.277. The van der Waals surface area contributed by atoms with Crippen LogP contribution in [-0.4, -0.2) is 24.3 Å². The third-order valence-electron chi connectivity index (χ3n) is 5.38. The molecule has 1 saturated carbocycles. The average Bonchev–Trinajstić information content (AvgIpc) is 3.23. The predicted octanol–water partition coefficient (Wildman–Crippen LogP) is 4.41. The van der Waals surface area contributed by atoms with Gasteiger partial charge in [-0.05, 0) is 43.2 Å². The molecule has 1 aliphatic carbocycles. The molecule has 2 aromatic rings. The molecule has 0 unspecified atom stereocenters. The summed E-state index contributed by atoms with van der Waals surface area (Å²) < 4.78 is 19.7. The molecule has 0 saturated heterocycles. The lowest BCUT2D eigenvalue weighted by Crippen LogP contribution is -2.36. The van der Waals surface area contributed by atoms with E-state index in [1.165, 1.54) is 6.07 Å². The van der Waals surface area contributed by atoms with Crippen LogP contribution in [0.25, 0.3) is 0 Å². The van der Waals surface area contributed by atoms with E-state index in [1.807, 2.05) is 0 Å². The summed E-state index contributed by atoms with van der Waals surface area (Å²) in [6, 6.07) is 12.6. The van der Waals surface area contributed by atoms with Crippen molar-refractivity contribution in [3.05, 3.63) is 65.5 Å². The Bertz CT molecular complexity index is 901. The molecule has 6 heteroatoms. The Morgan fingerprint density at radius 1 is 1.03 bits per heavy atom. The van der Waals surface area contributed by atoms with Crippen LogP contribution in [0.1, 0.15) is 54.9 Å². The number of ketones is 1. The van der Waals surface area contributed by atoms with Crippen molar-refractivity contribution in [3.63, 3.8) is 0 Å².